The first-order valence-corrected chi connectivity index (χ1v) is 10.3. The van der Waals surface area contributed by atoms with E-state index < -0.39 is 6.10 Å². The SMILES string of the molecule is Cc1nc2ccccc2c(-c2ccc3c(c2)CCCO3)c1[C@@H](CO)OC(C)(C)C. The van der Waals surface area contributed by atoms with Crippen LogP contribution >= 0.6 is 0 Å². The summed E-state index contributed by atoms with van der Waals surface area (Å²) in [5, 5.41) is 11.3. The molecule has 0 aliphatic carbocycles. The van der Waals surface area contributed by atoms with E-state index in [-0.39, 0.29) is 12.2 Å². The molecule has 0 bridgehead atoms. The zero-order chi connectivity index (χ0) is 20.6. The molecule has 152 valence electrons. The Morgan fingerprint density at radius 2 is 1.97 bits per heavy atom. The monoisotopic (exact) mass is 391 g/mol. The van der Waals surface area contributed by atoms with Crippen molar-refractivity contribution < 1.29 is 14.6 Å². The summed E-state index contributed by atoms with van der Waals surface area (Å²) < 4.78 is 12.1. The predicted octanol–water partition coefficient (Wildman–Crippen LogP) is 5.38. The number of rotatable bonds is 4. The number of hydrogen-bond acceptors (Lipinski definition) is 4. The zero-order valence-corrected chi connectivity index (χ0v) is 17.7. The van der Waals surface area contributed by atoms with Crippen LogP contribution in [0.3, 0.4) is 0 Å². The molecule has 4 nitrogen and oxygen atoms in total. The molecule has 0 saturated carbocycles. The minimum atomic E-state index is -0.450. The first kappa shape index (κ1) is 19.9. The van der Waals surface area contributed by atoms with Crippen LogP contribution in [0.15, 0.2) is 42.5 Å². The van der Waals surface area contributed by atoms with Gasteiger partial charge >= 0.3 is 0 Å². The molecule has 29 heavy (non-hydrogen) atoms. The number of pyridine rings is 1. The van der Waals surface area contributed by atoms with Crippen LogP contribution in [0.1, 0.15) is 50.1 Å². The minimum absolute atomic E-state index is 0.0980. The number of hydrogen-bond donors (Lipinski definition) is 1. The summed E-state index contributed by atoms with van der Waals surface area (Å²) in [4.78, 5) is 4.83. The van der Waals surface area contributed by atoms with Gasteiger partial charge < -0.3 is 14.6 Å². The maximum Gasteiger partial charge on any atom is 0.122 e. The first-order chi connectivity index (χ1) is 13.9. The molecule has 3 aromatic rings. The number of aliphatic hydroxyl groups is 1. The molecular weight excluding hydrogens is 362 g/mol. The standard InChI is InChI=1S/C25H29NO3/c1-16-23(22(15-27)29-25(2,3)4)24(19-9-5-6-10-20(19)26-16)18-11-12-21-17(14-18)8-7-13-28-21/h5-6,9-12,14,22,27H,7-8,13,15H2,1-4H3/t22-/m1/s1. The Balaban J connectivity index is 1.98. The number of para-hydroxylation sites is 1. The average Bonchev–Trinajstić information content (AvgIpc) is 2.70. The summed E-state index contributed by atoms with van der Waals surface area (Å²) in [6, 6.07) is 14.6. The molecule has 1 aliphatic rings. The third-order valence-corrected chi connectivity index (χ3v) is 5.30. The van der Waals surface area contributed by atoms with E-state index in [1.54, 1.807) is 0 Å². The van der Waals surface area contributed by atoms with Gasteiger partial charge in [-0.15, -0.1) is 0 Å². The Bertz CT molecular complexity index is 1040. The largest absolute Gasteiger partial charge is 0.493 e. The van der Waals surface area contributed by atoms with Crippen molar-refractivity contribution in [2.24, 2.45) is 0 Å². The van der Waals surface area contributed by atoms with Crippen LogP contribution in [0.5, 0.6) is 5.75 Å². The van der Waals surface area contributed by atoms with E-state index in [9.17, 15) is 5.11 Å². The normalized spacial score (nSPS) is 15.1. The van der Waals surface area contributed by atoms with Gasteiger partial charge in [0.15, 0.2) is 0 Å². The van der Waals surface area contributed by atoms with Crippen LogP contribution in [0, 0.1) is 6.92 Å². The lowest BCUT2D eigenvalue weighted by molar-refractivity contribution is -0.0823. The second-order valence-electron chi connectivity index (χ2n) is 8.68. The summed E-state index contributed by atoms with van der Waals surface area (Å²) in [5.41, 5.74) is 5.84. The smallest absolute Gasteiger partial charge is 0.122 e. The molecule has 0 unspecified atom stereocenters. The molecule has 4 heteroatoms. The molecule has 2 heterocycles. The Hall–Kier alpha value is -2.43. The minimum Gasteiger partial charge on any atom is -0.493 e. The number of aromatic nitrogens is 1. The molecule has 0 radical (unpaired) electrons. The summed E-state index contributed by atoms with van der Waals surface area (Å²) in [6.07, 6.45) is 1.60. The number of aliphatic hydroxyl groups excluding tert-OH is 1. The van der Waals surface area contributed by atoms with E-state index in [1.165, 1.54) is 5.56 Å². The quantitative estimate of drug-likeness (QED) is 0.648. The second-order valence-corrected chi connectivity index (χ2v) is 8.68. The van der Waals surface area contributed by atoms with E-state index in [2.05, 4.69) is 24.3 Å². The lowest BCUT2D eigenvalue weighted by Gasteiger charge is -2.29. The van der Waals surface area contributed by atoms with Crippen LogP contribution in [0.25, 0.3) is 22.0 Å². The summed E-state index contributed by atoms with van der Waals surface area (Å²) >= 11 is 0. The van der Waals surface area contributed by atoms with Gasteiger partial charge in [-0.3, -0.25) is 4.98 Å². The molecule has 1 aliphatic heterocycles. The van der Waals surface area contributed by atoms with Gasteiger partial charge in [0.25, 0.3) is 0 Å². The molecule has 0 amide bonds. The van der Waals surface area contributed by atoms with Crippen LogP contribution in [0.4, 0.5) is 0 Å². The van der Waals surface area contributed by atoms with Crippen molar-refractivity contribution in [3.63, 3.8) is 0 Å². The average molecular weight is 392 g/mol. The summed E-state index contributed by atoms with van der Waals surface area (Å²) in [7, 11) is 0. The number of benzene rings is 2. The zero-order valence-electron chi connectivity index (χ0n) is 17.7. The van der Waals surface area contributed by atoms with E-state index in [0.717, 1.165) is 58.5 Å². The van der Waals surface area contributed by atoms with Gasteiger partial charge in [0, 0.05) is 16.6 Å². The fourth-order valence-corrected chi connectivity index (χ4v) is 4.18. The number of fused-ring (bicyclic) bond motifs is 2. The Morgan fingerprint density at radius 3 is 2.72 bits per heavy atom. The maximum absolute atomic E-state index is 10.2. The van der Waals surface area contributed by atoms with Crippen molar-refractivity contribution in [1.29, 1.82) is 0 Å². The van der Waals surface area contributed by atoms with E-state index in [0.29, 0.717) is 0 Å². The molecule has 2 aromatic carbocycles. The van der Waals surface area contributed by atoms with Gasteiger partial charge in [0.05, 0.1) is 24.3 Å². The number of aryl methyl sites for hydroxylation is 2. The van der Waals surface area contributed by atoms with Crippen LogP contribution in [0.2, 0.25) is 0 Å². The van der Waals surface area contributed by atoms with Crippen LogP contribution in [-0.4, -0.2) is 28.9 Å². The van der Waals surface area contributed by atoms with Gasteiger partial charge in [-0.25, -0.2) is 0 Å². The van der Waals surface area contributed by atoms with Crippen molar-refractivity contribution in [1.82, 2.24) is 4.98 Å². The fraction of sp³-hybridized carbons (Fsp3) is 0.400. The number of nitrogens with zero attached hydrogens (tertiary/aromatic N) is 1. The van der Waals surface area contributed by atoms with Crippen LogP contribution < -0.4 is 4.74 Å². The van der Waals surface area contributed by atoms with Gasteiger partial charge in [0.1, 0.15) is 11.9 Å². The third kappa shape index (κ3) is 4.00. The van der Waals surface area contributed by atoms with Crippen LogP contribution in [-0.2, 0) is 11.2 Å². The van der Waals surface area contributed by atoms with Crippen molar-refractivity contribution in [3.8, 4) is 16.9 Å². The van der Waals surface area contributed by atoms with E-state index in [4.69, 9.17) is 14.5 Å². The molecule has 0 fully saturated rings. The third-order valence-electron chi connectivity index (χ3n) is 5.30. The lowest BCUT2D eigenvalue weighted by atomic mass is 9.89. The second kappa shape index (κ2) is 7.77. The van der Waals surface area contributed by atoms with Crippen molar-refractivity contribution in [2.75, 3.05) is 13.2 Å². The number of ether oxygens (including phenoxy) is 2. The van der Waals surface area contributed by atoms with E-state index >= 15 is 0 Å². The molecule has 0 spiro atoms. The first-order valence-electron chi connectivity index (χ1n) is 10.3. The Morgan fingerprint density at radius 1 is 1.17 bits per heavy atom. The molecular formula is C25H29NO3. The fourth-order valence-electron chi connectivity index (χ4n) is 4.18. The Labute approximate surface area is 172 Å². The van der Waals surface area contributed by atoms with Gasteiger partial charge in [-0.2, -0.15) is 0 Å². The topological polar surface area (TPSA) is 51.6 Å². The van der Waals surface area contributed by atoms with Crippen molar-refractivity contribution >= 4 is 10.9 Å². The highest BCUT2D eigenvalue weighted by Gasteiger charge is 2.27. The summed E-state index contributed by atoms with van der Waals surface area (Å²) in [6.45, 7) is 8.71. The van der Waals surface area contributed by atoms with Crippen molar-refractivity contribution in [3.05, 3.63) is 59.3 Å². The molecule has 1 N–H and O–H groups in total. The van der Waals surface area contributed by atoms with Gasteiger partial charge in [-0.1, -0.05) is 24.3 Å². The molecule has 1 atom stereocenters. The highest BCUT2D eigenvalue weighted by molar-refractivity contribution is 5.97. The molecule has 1 aromatic heterocycles. The predicted molar refractivity (Wildman–Crippen MR) is 116 cm³/mol. The maximum atomic E-state index is 10.2. The Kier molecular flexibility index (Phi) is 5.32. The lowest BCUT2D eigenvalue weighted by Crippen LogP contribution is -2.25. The molecule has 0 saturated heterocycles. The van der Waals surface area contributed by atoms with Gasteiger partial charge in [-0.05, 0) is 75.4 Å². The van der Waals surface area contributed by atoms with E-state index in [1.807, 2.05) is 45.9 Å². The highest BCUT2D eigenvalue weighted by Crippen LogP contribution is 2.40. The molecule has 4 rings (SSSR count). The highest BCUT2D eigenvalue weighted by atomic mass is 16.5. The summed E-state index contributed by atoms with van der Waals surface area (Å²) in [5.74, 6) is 0.973. The van der Waals surface area contributed by atoms with Crippen molar-refractivity contribution in [2.45, 2.75) is 52.2 Å². The van der Waals surface area contributed by atoms with Gasteiger partial charge in [0.2, 0.25) is 0 Å².